The van der Waals surface area contributed by atoms with E-state index in [1.54, 1.807) is 36.4 Å². The molecule has 37 heavy (non-hydrogen) atoms. The second kappa shape index (κ2) is 10.7. The van der Waals surface area contributed by atoms with Gasteiger partial charge in [0, 0.05) is 35.3 Å². The lowest BCUT2D eigenvalue weighted by atomic mass is 10.0. The topological polar surface area (TPSA) is 59.0 Å². The highest BCUT2D eigenvalue weighted by Crippen LogP contribution is 2.43. The average molecular weight is 540 g/mol. The molecule has 1 saturated heterocycles. The number of nitrogens with zero attached hydrogens (tertiary/aromatic N) is 1. The highest BCUT2D eigenvalue weighted by molar-refractivity contribution is 7.21. The molecule has 0 unspecified atom stereocenters. The van der Waals surface area contributed by atoms with Crippen LogP contribution in [0.4, 0.5) is 4.39 Å². The van der Waals surface area contributed by atoms with E-state index in [4.69, 9.17) is 21.1 Å². The maximum absolute atomic E-state index is 13.7. The number of phenols is 1. The highest BCUT2D eigenvalue weighted by atomic mass is 35.5. The van der Waals surface area contributed by atoms with E-state index in [-0.39, 0.29) is 24.3 Å². The number of carbonyl (C=O) groups excluding carboxylic acids is 1. The van der Waals surface area contributed by atoms with Crippen molar-refractivity contribution in [2.75, 3.05) is 26.3 Å². The molecule has 4 aromatic rings. The highest BCUT2D eigenvalue weighted by Gasteiger charge is 2.28. The third-order valence-electron chi connectivity index (χ3n) is 6.37. The number of carbonyl (C=O) groups is 1. The summed E-state index contributed by atoms with van der Waals surface area (Å²) in [6.45, 7) is 5.84. The van der Waals surface area contributed by atoms with Crippen LogP contribution in [-0.4, -0.2) is 48.2 Å². The van der Waals surface area contributed by atoms with E-state index in [1.165, 1.54) is 11.3 Å². The number of hydrogen-bond acceptors (Lipinski definition) is 6. The second-order valence-electron chi connectivity index (χ2n) is 9.32. The standard InChI is InChI=1S/C29H27ClFNO4S/c1-17-12-18(2)26(24(30)13-17)27(34)29-28(23-9-4-19(33)14-25(23)37-29)36-21-7-5-20(6-8-21)35-22-15-32(16-22)11-3-10-31/h4-9,12-14,22,33H,3,10-11,15-16H2,1-2H3. The minimum atomic E-state index is -0.297. The van der Waals surface area contributed by atoms with Crippen LogP contribution in [0.2, 0.25) is 5.02 Å². The van der Waals surface area contributed by atoms with Gasteiger partial charge in [-0.25, -0.2) is 0 Å². The van der Waals surface area contributed by atoms with E-state index in [2.05, 4.69) is 4.90 Å². The number of hydrogen-bond donors (Lipinski definition) is 1. The Hall–Kier alpha value is -3.13. The van der Waals surface area contributed by atoms with Gasteiger partial charge in [-0.3, -0.25) is 14.1 Å². The molecule has 5 rings (SSSR count). The number of rotatable bonds is 9. The van der Waals surface area contributed by atoms with E-state index < -0.39 is 0 Å². The summed E-state index contributed by atoms with van der Waals surface area (Å²) in [4.78, 5) is 16.3. The van der Waals surface area contributed by atoms with Crippen LogP contribution in [0.3, 0.4) is 0 Å². The van der Waals surface area contributed by atoms with E-state index >= 15 is 0 Å². The van der Waals surface area contributed by atoms with Crippen LogP contribution in [0.15, 0.2) is 54.6 Å². The van der Waals surface area contributed by atoms with Crippen molar-refractivity contribution in [1.82, 2.24) is 4.90 Å². The molecule has 3 aromatic carbocycles. The smallest absolute Gasteiger partial charge is 0.208 e. The molecule has 0 atom stereocenters. The predicted molar refractivity (Wildman–Crippen MR) is 146 cm³/mol. The second-order valence-corrected chi connectivity index (χ2v) is 10.8. The number of fused-ring (bicyclic) bond motifs is 1. The number of aromatic hydroxyl groups is 1. The summed E-state index contributed by atoms with van der Waals surface area (Å²) in [5, 5.41) is 11.1. The van der Waals surface area contributed by atoms with Crippen molar-refractivity contribution in [3.63, 3.8) is 0 Å². The predicted octanol–water partition coefficient (Wildman–Crippen LogP) is 7.32. The molecule has 1 fully saturated rings. The van der Waals surface area contributed by atoms with Gasteiger partial charge in [-0.05, 0) is 79.9 Å². The number of aryl methyl sites for hydroxylation is 2. The van der Waals surface area contributed by atoms with Gasteiger partial charge in [0.1, 0.15) is 28.2 Å². The van der Waals surface area contributed by atoms with Gasteiger partial charge in [0.05, 0.1) is 11.7 Å². The molecule has 1 aromatic heterocycles. The number of ketones is 1. The quantitative estimate of drug-likeness (QED) is 0.226. The summed E-state index contributed by atoms with van der Waals surface area (Å²) >= 11 is 7.76. The number of phenolic OH excluding ortho intramolecular Hbond substituents is 1. The third-order valence-corrected chi connectivity index (χ3v) is 7.80. The Morgan fingerprint density at radius 2 is 1.84 bits per heavy atom. The number of thiophene rings is 1. The fourth-order valence-electron chi connectivity index (χ4n) is 4.59. The molecule has 1 aliphatic heterocycles. The lowest BCUT2D eigenvalue weighted by Gasteiger charge is -2.38. The summed E-state index contributed by atoms with van der Waals surface area (Å²) in [7, 11) is 0. The first-order valence-corrected chi connectivity index (χ1v) is 13.3. The summed E-state index contributed by atoms with van der Waals surface area (Å²) in [5.41, 5.74) is 2.22. The number of benzene rings is 3. The molecule has 5 nitrogen and oxygen atoms in total. The molecule has 0 amide bonds. The molecular formula is C29H27ClFNO4S. The largest absolute Gasteiger partial charge is 0.508 e. The van der Waals surface area contributed by atoms with E-state index in [1.807, 2.05) is 32.0 Å². The van der Waals surface area contributed by atoms with Crippen LogP contribution in [0.5, 0.6) is 23.0 Å². The van der Waals surface area contributed by atoms with E-state index in [0.29, 0.717) is 33.4 Å². The van der Waals surface area contributed by atoms with Gasteiger partial charge < -0.3 is 14.6 Å². The number of likely N-dealkylation sites (tertiary alicyclic amines) is 1. The van der Waals surface area contributed by atoms with Gasteiger partial charge >= 0.3 is 0 Å². The Morgan fingerprint density at radius 1 is 1.11 bits per heavy atom. The summed E-state index contributed by atoms with van der Waals surface area (Å²) in [6, 6.07) is 15.9. The molecule has 0 spiro atoms. The van der Waals surface area contributed by atoms with Gasteiger partial charge in [0.25, 0.3) is 0 Å². The summed E-state index contributed by atoms with van der Waals surface area (Å²) < 4.78 is 25.4. The van der Waals surface area contributed by atoms with Gasteiger partial charge in [0.15, 0.2) is 5.75 Å². The molecule has 2 heterocycles. The molecule has 0 saturated carbocycles. The number of halogens is 2. The fraction of sp³-hybridized carbons (Fsp3) is 0.276. The molecule has 0 aliphatic carbocycles. The Kier molecular flexibility index (Phi) is 7.38. The average Bonchev–Trinajstić information content (AvgIpc) is 3.18. The molecule has 1 N–H and O–H groups in total. The van der Waals surface area contributed by atoms with Crippen molar-refractivity contribution in [2.45, 2.75) is 26.4 Å². The number of ether oxygens (including phenoxy) is 2. The third kappa shape index (κ3) is 5.44. The van der Waals surface area contributed by atoms with Gasteiger partial charge in [-0.15, -0.1) is 11.3 Å². The molecule has 192 valence electrons. The first-order valence-electron chi connectivity index (χ1n) is 12.1. The minimum absolute atomic E-state index is 0.0894. The lowest BCUT2D eigenvalue weighted by Crippen LogP contribution is -2.53. The van der Waals surface area contributed by atoms with Gasteiger partial charge in [-0.2, -0.15) is 0 Å². The van der Waals surface area contributed by atoms with Crippen molar-refractivity contribution >= 4 is 38.8 Å². The van der Waals surface area contributed by atoms with Gasteiger partial charge in [0.2, 0.25) is 5.78 Å². The van der Waals surface area contributed by atoms with Crippen molar-refractivity contribution in [2.24, 2.45) is 0 Å². The SMILES string of the molecule is Cc1cc(C)c(C(=O)c2sc3cc(O)ccc3c2Oc2ccc(OC3CN(CCCF)C3)cc2)c(Cl)c1. The van der Waals surface area contributed by atoms with Gasteiger partial charge in [-0.1, -0.05) is 17.7 Å². The van der Waals surface area contributed by atoms with Crippen LogP contribution < -0.4 is 9.47 Å². The zero-order chi connectivity index (χ0) is 26.1. The van der Waals surface area contributed by atoms with Crippen LogP contribution in [0.25, 0.3) is 10.1 Å². The summed E-state index contributed by atoms with van der Waals surface area (Å²) in [6.07, 6.45) is 0.641. The van der Waals surface area contributed by atoms with E-state index in [0.717, 1.165) is 46.6 Å². The number of alkyl halides is 1. The Balaban J connectivity index is 1.39. The molecule has 1 aliphatic rings. The maximum Gasteiger partial charge on any atom is 0.208 e. The Bertz CT molecular complexity index is 1420. The molecule has 0 radical (unpaired) electrons. The normalized spacial score (nSPS) is 14.1. The van der Waals surface area contributed by atoms with Crippen molar-refractivity contribution < 1.29 is 23.8 Å². The molecule has 0 bridgehead atoms. The van der Waals surface area contributed by atoms with Crippen LogP contribution in [-0.2, 0) is 0 Å². The monoisotopic (exact) mass is 539 g/mol. The van der Waals surface area contributed by atoms with Crippen LogP contribution >= 0.6 is 22.9 Å². The fourth-order valence-corrected chi connectivity index (χ4v) is 6.11. The van der Waals surface area contributed by atoms with Crippen LogP contribution in [0.1, 0.15) is 32.8 Å². The summed E-state index contributed by atoms with van der Waals surface area (Å²) in [5.74, 6) is 1.60. The molecule has 8 heteroatoms. The Labute approximate surface area is 224 Å². The zero-order valence-electron chi connectivity index (χ0n) is 20.6. The first-order chi connectivity index (χ1) is 17.8. The minimum Gasteiger partial charge on any atom is -0.508 e. The van der Waals surface area contributed by atoms with Crippen LogP contribution in [0, 0.1) is 13.8 Å². The van der Waals surface area contributed by atoms with Crippen molar-refractivity contribution in [1.29, 1.82) is 0 Å². The molecular weight excluding hydrogens is 513 g/mol. The zero-order valence-corrected chi connectivity index (χ0v) is 22.2. The van der Waals surface area contributed by atoms with Crippen molar-refractivity contribution in [3.8, 4) is 23.0 Å². The maximum atomic E-state index is 13.7. The Morgan fingerprint density at radius 3 is 2.54 bits per heavy atom. The first kappa shape index (κ1) is 25.5. The van der Waals surface area contributed by atoms with Crippen molar-refractivity contribution in [3.05, 3.63) is 81.2 Å². The lowest BCUT2D eigenvalue weighted by molar-refractivity contribution is 0.0184. The van der Waals surface area contributed by atoms with E-state index in [9.17, 15) is 14.3 Å².